The Kier molecular flexibility index (Phi) is 6.94. The highest BCUT2D eigenvalue weighted by Crippen LogP contribution is 2.61. The van der Waals surface area contributed by atoms with Crippen molar-refractivity contribution in [2.75, 3.05) is 0 Å². The van der Waals surface area contributed by atoms with Gasteiger partial charge >= 0.3 is 0 Å². The highest BCUT2D eigenvalue weighted by atomic mass is 14.5. The molecule has 0 fully saturated rings. The zero-order valence-electron chi connectivity index (χ0n) is 31.3. The van der Waals surface area contributed by atoms with Crippen molar-refractivity contribution in [3.8, 4) is 33.4 Å². The summed E-state index contributed by atoms with van der Waals surface area (Å²) in [4.78, 5) is 0. The van der Waals surface area contributed by atoms with Gasteiger partial charge in [-0.2, -0.15) is 0 Å². The molecule has 0 amide bonds. The first-order valence-electron chi connectivity index (χ1n) is 19.9. The van der Waals surface area contributed by atoms with Gasteiger partial charge < -0.3 is 0 Å². The molecular weight excluding hydrogens is 685 g/mol. The van der Waals surface area contributed by atoms with Gasteiger partial charge in [0.25, 0.3) is 0 Å². The van der Waals surface area contributed by atoms with E-state index in [0.717, 1.165) is 0 Å². The van der Waals surface area contributed by atoms with E-state index in [2.05, 4.69) is 218 Å². The monoisotopic (exact) mass is 720 g/mol. The molecule has 11 aromatic rings. The molecule has 11 aromatic carbocycles. The van der Waals surface area contributed by atoms with Crippen LogP contribution in [0.5, 0.6) is 0 Å². The van der Waals surface area contributed by atoms with E-state index in [1.54, 1.807) is 0 Å². The number of fused-ring (bicyclic) bond motifs is 10. The topological polar surface area (TPSA) is 0 Å². The minimum Gasteiger partial charge on any atom is -0.0622 e. The normalized spacial score (nSPS) is 13.1. The number of hydrogen-bond donors (Lipinski definition) is 0. The van der Waals surface area contributed by atoms with Crippen LogP contribution >= 0.6 is 0 Å². The van der Waals surface area contributed by atoms with Crippen molar-refractivity contribution in [2.24, 2.45) is 0 Å². The van der Waals surface area contributed by atoms with Crippen LogP contribution in [0.15, 0.2) is 218 Å². The van der Waals surface area contributed by atoms with Crippen LogP contribution in [0.1, 0.15) is 22.3 Å². The number of benzene rings is 11. The van der Waals surface area contributed by atoms with Crippen LogP contribution in [0.2, 0.25) is 0 Å². The van der Waals surface area contributed by atoms with Crippen LogP contribution in [-0.2, 0) is 5.41 Å². The van der Waals surface area contributed by atoms with E-state index in [0.29, 0.717) is 0 Å². The fourth-order valence-electron chi connectivity index (χ4n) is 10.2. The molecule has 0 nitrogen and oxygen atoms in total. The average Bonchev–Trinajstić information content (AvgIpc) is 3.59. The Bertz CT molecular complexity index is 3350. The minimum atomic E-state index is -0.595. The molecule has 0 N–H and O–H groups in total. The lowest BCUT2D eigenvalue weighted by atomic mass is 9.66. The lowest BCUT2D eigenvalue weighted by Crippen LogP contribution is -2.29. The molecular formula is C57H36. The van der Waals surface area contributed by atoms with E-state index in [1.807, 2.05) is 0 Å². The predicted molar refractivity (Wildman–Crippen MR) is 242 cm³/mol. The van der Waals surface area contributed by atoms with Crippen LogP contribution in [0.25, 0.3) is 87.2 Å². The highest BCUT2D eigenvalue weighted by Gasteiger charge is 2.48. The van der Waals surface area contributed by atoms with Crippen molar-refractivity contribution in [1.82, 2.24) is 0 Å². The van der Waals surface area contributed by atoms with Gasteiger partial charge in [-0.3, -0.25) is 0 Å². The van der Waals surface area contributed by atoms with Crippen molar-refractivity contribution < 1.29 is 0 Å². The van der Waals surface area contributed by atoms with Crippen LogP contribution in [0, 0.1) is 0 Å². The summed E-state index contributed by atoms with van der Waals surface area (Å²) in [6, 6.07) is 81.8. The zero-order valence-corrected chi connectivity index (χ0v) is 31.3. The van der Waals surface area contributed by atoms with E-state index in [4.69, 9.17) is 0 Å². The average molecular weight is 721 g/mol. The summed E-state index contributed by atoms with van der Waals surface area (Å²) in [5.74, 6) is 0. The second-order valence-corrected chi connectivity index (χ2v) is 15.6. The number of hydrogen-bond acceptors (Lipinski definition) is 0. The Morgan fingerprint density at radius 2 is 0.825 bits per heavy atom. The fourth-order valence-corrected chi connectivity index (χ4v) is 10.2. The van der Waals surface area contributed by atoms with Crippen molar-refractivity contribution in [3.05, 3.63) is 241 Å². The molecule has 0 saturated carbocycles. The van der Waals surface area contributed by atoms with Gasteiger partial charge in [-0.25, -0.2) is 0 Å². The Hall–Kier alpha value is -7.28. The summed E-state index contributed by atoms with van der Waals surface area (Å²) in [5.41, 5.74) is 12.2. The molecule has 57 heavy (non-hydrogen) atoms. The molecule has 12 rings (SSSR count). The summed E-state index contributed by atoms with van der Waals surface area (Å²) < 4.78 is 0. The van der Waals surface area contributed by atoms with Crippen molar-refractivity contribution in [3.63, 3.8) is 0 Å². The lowest BCUT2D eigenvalue weighted by molar-refractivity contribution is 0.776. The third-order valence-corrected chi connectivity index (χ3v) is 12.6. The largest absolute Gasteiger partial charge is 0.0720 e. The van der Waals surface area contributed by atoms with Gasteiger partial charge in [0.1, 0.15) is 0 Å². The molecule has 0 aromatic heterocycles. The molecule has 0 atom stereocenters. The Balaban J connectivity index is 1.31. The predicted octanol–water partition coefficient (Wildman–Crippen LogP) is 15.1. The highest BCUT2D eigenvalue weighted by molar-refractivity contribution is 6.20. The van der Waals surface area contributed by atoms with Crippen molar-refractivity contribution in [1.29, 1.82) is 0 Å². The SMILES string of the molecule is c1ccc(C2(c3ccccc3)c3cc(-c4c5ccccc5cc5c4ccc4ccccc45)cc(-c4ccc5ccccc5c4)c3-c3ccc4ccccc4c32)cc1. The van der Waals surface area contributed by atoms with Gasteiger partial charge in [0.05, 0.1) is 5.41 Å². The second-order valence-electron chi connectivity index (χ2n) is 15.6. The van der Waals surface area contributed by atoms with E-state index in [-0.39, 0.29) is 0 Å². The maximum absolute atomic E-state index is 2.56. The van der Waals surface area contributed by atoms with Gasteiger partial charge in [-0.1, -0.05) is 194 Å². The van der Waals surface area contributed by atoms with E-state index in [9.17, 15) is 0 Å². The van der Waals surface area contributed by atoms with Gasteiger partial charge in [-0.05, 0) is 134 Å². The summed E-state index contributed by atoms with van der Waals surface area (Å²) >= 11 is 0. The van der Waals surface area contributed by atoms with E-state index in [1.165, 1.54) is 109 Å². The Labute approximate surface area is 331 Å². The van der Waals surface area contributed by atoms with Gasteiger partial charge in [0.2, 0.25) is 0 Å². The first kappa shape index (κ1) is 32.0. The summed E-state index contributed by atoms with van der Waals surface area (Å²) in [6.45, 7) is 0. The lowest BCUT2D eigenvalue weighted by Gasteiger charge is -2.35. The Morgan fingerprint density at radius 3 is 1.56 bits per heavy atom. The molecule has 1 aliphatic carbocycles. The molecule has 1 aliphatic rings. The molecule has 0 bridgehead atoms. The first-order valence-corrected chi connectivity index (χ1v) is 19.9. The smallest absolute Gasteiger partial charge is 0.0622 e. The van der Waals surface area contributed by atoms with Crippen molar-refractivity contribution >= 4 is 53.9 Å². The first-order chi connectivity index (χ1) is 28.3. The minimum absolute atomic E-state index is 0.595. The maximum atomic E-state index is 2.56. The van der Waals surface area contributed by atoms with Crippen molar-refractivity contribution in [2.45, 2.75) is 5.41 Å². The van der Waals surface area contributed by atoms with Crippen LogP contribution < -0.4 is 0 Å². The summed E-state index contributed by atoms with van der Waals surface area (Å²) in [7, 11) is 0. The fraction of sp³-hybridized carbons (Fsp3) is 0.0175. The molecule has 0 unspecified atom stereocenters. The van der Waals surface area contributed by atoms with Gasteiger partial charge in [0.15, 0.2) is 0 Å². The quantitative estimate of drug-likeness (QED) is 0.125. The number of rotatable bonds is 4. The van der Waals surface area contributed by atoms with E-state index >= 15 is 0 Å². The van der Waals surface area contributed by atoms with Crippen LogP contribution in [0.3, 0.4) is 0 Å². The molecule has 0 heterocycles. The third-order valence-electron chi connectivity index (χ3n) is 12.6. The third kappa shape index (κ3) is 4.62. The van der Waals surface area contributed by atoms with Gasteiger partial charge in [-0.15, -0.1) is 0 Å². The molecule has 0 heteroatoms. The molecule has 0 saturated heterocycles. The standard InChI is InChI=1S/C57H36/c1-3-20-44(21-4-1)57(45-22-5-2-6-23-45)53-36-43(54-47-25-13-11-19-41(47)34-52-46-24-12-9-16-38(46)29-31-49(52)54)35-51(42-28-27-37-15-7-8-18-40(37)33-42)55(53)50-32-30-39-17-10-14-26-48(39)56(50)57/h1-36H. The Morgan fingerprint density at radius 1 is 0.263 bits per heavy atom. The summed E-state index contributed by atoms with van der Waals surface area (Å²) in [6.07, 6.45) is 0. The zero-order chi connectivity index (χ0) is 37.5. The van der Waals surface area contributed by atoms with Gasteiger partial charge in [0, 0.05) is 0 Å². The molecule has 0 radical (unpaired) electrons. The molecule has 0 spiro atoms. The maximum Gasteiger partial charge on any atom is 0.0720 e. The molecule has 264 valence electrons. The second kappa shape index (κ2) is 12.4. The summed E-state index contributed by atoms with van der Waals surface area (Å²) in [5, 5.41) is 12.6. The molecule has 0 aliphatic heterocycles. The van der Waals surface area contributed by atoms with Crippen LogP contribution in [0.4, 0.5) is 0 Å². The van der Waals surface area contributed by atoms with Crippen LogP contribution in [-0.4, -0.2) is 0 Å². The van der Waals surface area contributed by atoms with E-state index < -0.39 is 5.41 Å².